The first-order valence-electron chi connectivity index (χ1n) is 12.0. The first kappa shape index (κ1) is 22.2. The lowest BCUT2D eigenvalue weighted by Crippen LogP contribution is -2.38. The van der Waals surface area contributed by atoms with E-state index in [1.165, 1.54) is 27.7 Å². The van der Waals surface area contributed by atoms with Gasteiger partial charge in [-0.1, -0.05) is 6.07 Å². The zero-order chi connectivity index (χ0) is 22.6. The van der Waals surface area contributed by atoms with Crippen LogP contribution < -0.4 is 9.64 Å². The smallest absolute Gasteiger partial charge is 0.132 e. The summed E-state index contributed by atoms with van der Waals surface area (Å²) in [6, 6.07) is 10.8. The van der Waals surface area contributed by atoms with Gasteiger partial charge in [0.1, 0.15) is 18.2 Å². The van der Waals surface area contributed by atoms with Gasteiger partial charge in [-0.2, -0.15) is 0 Å². The number of aryl methyl sites for hydroxylation is 2. The summed E-state index contributed by atoms with van der Waals surface area (Å²) in [6.45, 7) is 12.7. The van der Waals surface area contributed by atoms with Gasteiger partial charge in [-0.3, -0.25) is 4.90 Å². The highest BCUT2D eigenvalue weighted by Gasteiger charge is 2.16. The van der Waals surface area contributed by atoms with Crippen LogP contribution in [0.4, 0.5) is 5.82 Å². The van der Waals surface area contributed by atoms with Gasteiger partial charge < -0.3 is 24.1 Å². The summed E-state index contributed by atoms with van der Waals surface area (Å²) in [5.41, 5.74) is 6.02. The normalized spacial score (nSPS) is 17.6. The lowest BCUT2D eigenvalue weighted by atomic mass is 10.0. The highest BCUT2D eigenvalue weighted by molar-refractivity contribution is 5.85. The Morgan fingerprint density at radius 3 is 2.52 bits per heavy atom. The number of hydrogen-bond donors (Lipinski definition) is 1. The molecular weight excluding hydrogens is 416 g/mol. The lowest BCUT2D eigenvalue weighted by molar-refractivity contribution is 0.0322. The van der Waals surface area contributed by atoms with Crippen LogP contribution >= 0.6 is 0 Å². The number of anilines is 1. The number of benzene rings is 1. The standard InChI is InChI=1S/C26H34N4O3/c1-19-20(2)27-25-4-3-21(16-24(19)25)15-22-17-23(33-14-7-29-5-10-31-11-6-29)18-26(28-22)30-8-12-32-13-9-30/h3-4,16-18,27H,5-15H2,1-2H3. The summed E-state index contributed by atoms with van der Waals surface area (Å²) in [4.78, 5) is 13.2. The molecule has 2 fully saturated rings. The number of morpholine rings is 2. The van der Waals surface area contributed by atoms with Crippen molar-refractivity contribution >= 4 is 16.7 Å². The van der Waals surface area contributed by atoms with Crippen molar-refractivity contribution in [3.8, 4) is 5.75 Å². The Morgan fingerprint density at radius 2 is 1.73 bits per heavy atom. The molecule has 2 saturated heterocycles. The summed E-state index contributed by atoms with van der Waals surface area (Å²) in [5.74, 6) is 1.87. The average Bonchev–Trinajstić information content (AvgIpc) is 3.13. The van der Waals surface area contributed by atoms with E-state index in [-0.39, 0.29) is 0 Å². The first-order chi connectivity index (χ1) is 16.2. The van der Waals surface area contributed by atoms with E-state index < -0.39 is 0 Å². The predicted octanol–water partition coefficient (Wildman–Crippen LogP) is 3.32. The molecule has 176 valence electrons. The molecule has 2 aliphatic rings. The number of fused-ring (bicyclic) bond motifs is 1. The molecule has 2 aliphatic heterocycles. The van der Waals surface area contributed by atoms with Crippen LogP contribution in [0.5, 0.6) is 5.75 Å². The molecule has 3 aromatic rings. The van der Waals surface area contributed by atoms with Crippen molar-refractivity contribution in [2.24, 2.45) is 0 Å². The predicted molar refractivity (Wildman–Crippen MR) is 131 cm³/mol. The fourth-order valence-electron chi connectivity index (χ4n) is 4.62. The van der Waals surface area contributed by atoms with Gasteiger partial charge in [0.25, 0.3) is 0 Å². The number of pyridine rings is 1. The van der Waals surface area contributed by atoms with Crippen molar-refractivity contribution < 1.29 is 14.2 Å². The van der Waals surface area contributed by atoms with Gasteiger partial charge in [0.2, 0.25) is 0 Å². The monoisotopic (exact) mass is 450 g/mol. The largest absolute Gasteiger partial charge is 0.492 e. The quantitative estimate of drug-likeness (QED) is 0.596. The first-order valence-corrected chi connectivity index (χ1v) is 12.0. The van der Waals surface area contributed by atoms with Crippen LogP contribution in [-0.2, 0) is 15.9 Å². The van der Waals surface area contributed by atoms with Crippen LogP contribution in [0, 0.1) is 13.8 Å². The number of hydrogen-bond acceptors (Lipinski definition) is 6. The van der Waals surface area contributed by atoms with Gasteiger partial charge in [-0.05, 0) is 37.1 Å². The van der Waals surface area contributed by atoms with Gasteiger partial charge in [-0.25, -0.2) is 4.98 Å². The molecule has 5 rings (SSSR count). The molecule has 4 heterocycles. The Balaban J connectivity index is 1.35. The molecule has 33 heavy (non-hydrogen) atoms. The second-order valence-corrected chi connectivity index (χ2v) is 8.99. The molecule has 7 heteroatoms. The third-order valence-electron chi connectivity index (χ3n) is 6.71. The molecule has 7 nitrogen and oxygen atoms in total. The highest BCUT2D eigenvalue weighted by Crippen LogP contribution is 2.26. The van der Waals surface area contributed by atoms with Crippen LogP contribution in [0.25, 0.3) is 10.9 Å². The van der Waals surface area contributed by atoms with Crippen molar-refractivity contribution in [2.45, 2.75) is 20.3 Å². The van der Waals surface area contributed by atoms with E-state index in [0.29, 0.717) is 6.61 Å². The maximum atomic E-state index is 6.23. The third kappa shape index (κ3) is 5.32. The fraction of sp³-hybridized carbons (Fsp3) is 0.500. The molecular formula is C26H34N4O3. The number of ether oxygens (including phenoxy) is 3. The number of H-pyrrole nitrogens is 1. The molecule has 2 aromatic heterocycles. The van der Waals surface area contributed by atoms with Gasteiger partial charge in [0.15, 0.2) is 0 Å². The van der Waals surface area contributed by atoms with Crippen LogP contribution in [0.2, 0.25) is 0 Å². The van der Waals surface area contributed by atoms with Crippen LogP contribution in [0.15, 0.2) is 30.3 Å². The second kappa shape index (κ2) is 10.1. The second-order valence-electron chi connectivity index (χ2n) is 8.99. The Labute approximate surface area is 195 Å². The summed E-state index contributed by atoms with van der Waals surface area (Å²) < 4.78 is 17.2. The van der Waals surface area contributed by atoms with E-state index >= 15 is 0 Å². The minimum absolute atomic E-state index is 0.666. The van der Waals surface area contributed by atoms with Crippen molar-refractivity contribution in [3.63, 3.8) is 0 Å². The highest BCUT2D eigenvalue weighted by atomic mass is 16.5. The Kier molecular flexibility index (Phi) is 6.80. The van der Waals surface area contributed by atoms with Gasteiger partial charge >= 0.3 is 0 Å². The Morgan fingerprint density at radius 1 is 0.970 bits per heavy atom. The zero-order valence-corrected chi connectivity index (χ0v) is 19.7. The van der Waals surface area contributed by atoms with Crippen molar-refractivity contribution in [1.82, 2.24) is 14.9 Å². The average molecular weight is 451 g/mol. The van der Waals surface area contributed by atoms with Crippen molar-refractivity contribution in [1.29, 1.82) is 0 Å². The number of aromatic amines is 1. The summed E-state index contributed by atoms with van der Waals surface area (Å²) in [7, 11) is 0. The molecule has 0 amide bonds. The number of aromatic nitrogens is 2. The van der Waals surface area contributed by atoms with E-state index in [1.54, 1.807) is 0 Å². The lowest BCUT2D eigenvalue weighted by Gasteiger charge is -2.29. The van der Waals surface area contributed by atoms with Crippen molar-refractivity contribution in [2.75, 3.05) is 70.7 Å². The number of nitrogens with zero attached hydrogens (tertiary/aromatic N) is 3. The van der Waals surface area contributed by atoms with E-state index in [2.05, 4.69) is 59.0 Å². The summed E-state index contributed by atoms with van der Waals surface area (Å²) >= 11 is 0. The topological polar surface area (TPSA) is 62.8 Å². The Hall–Kier alpha value is -2.61. The fourth-order valence-corrected chi connectivity index (χ4v) is 4.62. The van der Waals surface area contributed by atoms with E-state index in [4.69, 9.17) is 19.2 Å². The molecule has 0 atom stereocenters. The molecule has 0 bridgehead atoms. The SMILES string of the molecule is Cc1[nH]c2ccc(Cc3cc(OCCN4CCOCC4)cc(N4CCOCC4)n3)cc2c1C. The van der Waals surface area contributed by atoms with Gasteiger partial charge in [0.05, 0.1) is 32.1 Å². The van der Waals surface area contributed by atoms with E-state index in [1.807, 2.05) is 0 Å². The van der Waals surface area contributed by atoms with E-state index in [0.717, 1.165) is 82.8 Å². The van der Waals surface area contributed by atoms with Crippen LogP contribution in [-0.4, -0.2) is 80.6 Å². The number of rotatable bonds is 7. The molecule has 1 N–H and O–H groups in total. The molecule has 0 spiro atoms. The maximum absolute atomic E-state index is 6.23. The van der Waals surface area contributed by atoms with Gasteiger partial charge in [0, 0.05) is 67.9 Å². The summed E-state index contributed by atoms with van der Waals surface area (Å²) in [6.07, 6.45) is 0.775. The minimum atomic E-state index is 0.666. The third-order valence-corrected chi connectivity index (χ3v) is 6.71. The maximum Gasteiger partial charge on any atom is 0.132 e. The van der Waals surface area contributed by atoms with Crippen molar-refractivity contribution in [3.05, 3.63) is 52.8 Å². The molecule has 1 aromatic carbocycles. The molecule has 0 aliphatic carbocycles. The number of nitrogens with one attached hydrogen (secondary N) is 1. The van der Waals surface area contributed by atoms with Crippen LogP contribution in [0.3, 0.4) is 0 Å². The zero-order valence-electron chi connectivity index (χ0n) is 19.7. The molecule has 0 radical (unpaired) electrons. The van der Waals surface area contributed by atoms with Gasteiger partial charge in [-0.15, -0.1) is 0 Å². The summed E-state index contributed by atoms with van der Waals surface area (Å²) in [5, 5.41) is 1.29. The molecule has 0 saturated carbocycles. The van der Waals surface area contributed by atoms with Crippen LogP contribution in [0.1, 0.15) is 22.5 Å². The van der Waals surface area contributed by atoms with E-state index in [9.17, 15) is 0 Å². The minimum Gasteiger partial charge on any atom is -0.492 e. The Bertz CT molecular complexity index is 1080. The molecule has 0 unspecified atom stereocenters.